The third-order valence-electron chi connectivity index (χ3n) is 3.74. The van der Waals surface area contributed by atoms with Crippen LogP contribution >= 0.6 is 28.3 Å². The zero-order valence-electron chi connectivity index (χ0n) is 15.2. The summed E-state index contributed by atoms with van der Waals surface area (Å²) in [5.74, 6) is 0.997. The van der Waals surface area contributed by atoms with Gasteiger partial charge in [0.1, 0.15) is 12.4 Å². The van der Waals surface area contributed by atoms with Gasteiger partial charge in [-0.2, -0.15) is 0 Å². The van der Waals surface area contributed by atoms with E-state index in [0.717, 1.165) is 29.5 Å². The summed E-state index contributed by atoms with van der Waals surface area (Å²) in [5.41, 5.74) is 1.63. The molecular weight excluding hydrogens is 421 g/mol. The van der Waals surface area contributed by atoms with Gasteiger partial charge in [0, 0.05) is 12.1 Å². The van der Waals surface area contributed by atoms with Gasteiger partial charge in [-0.3, -0.25) is 0 Å². The fraction of sp³-hybridized carbons (Fsp3) is 0.400. The lowest BCUT2D eigenvalue weighted by atomic mass is 10.2. The highest BCUT2D eigenvalue weighted by atomic mass is 79.9. The molecule has 0 fully saturated rings. The fourth-order valence-electron chi connectivity index (χ4n) is 2.43. The molecule has 0 atom stereocenters. The second kappa shape index (κ2) is 12.2. The normalized spacial score (nSPS) is 10.3. The average molecular weight is 447 g/mol. The van der Waals surface area contributed by atoms with Crippen LogP contribution in [0.4, 0.5) is 4.39 Å². The molecule has 2 aromatic carbocycles. The summed E-state index contributed by atoms with van der Waals surface area (Å²) < 4.78 is 26.2. The predicted octanol–water partition coefficient (Wildman–Crippen LogP) is 5.88. The fourth-order valence-corrected chi connectivity index (χ4v) is 3.03. The maximum Gasteiger partial charge on any atom is 0.175 e. The van der Waals surface area contributed by atoms with Crippen molar-refractivity contribution in [2.75, 3.05) is 13.2 Å². The quantitative estimate of drug-likeness (QED) is 0.462. The largest absolute Gasteiger partial charge is 0.490 e. The van der Waals surface area contributed by atoms with Gasteiger partial charge < -0.3 is 14.8 Å². The number of unbranched alkanes of at least 4 members (excludes halogenated alkanes) is 1. The number of ether oxygens (including phenoxy) is 2. The van der Waals surface area contributed by atoms with Crippen LogP contribution in [-0.2, 0) is 13.2 Å². The first-order valence-electron chi connectivity index (χ1n) is 8.67. The van der Waals surface area contributed by atoms with Crippen molar-refractivity contribution in [1.82, 2.24) is 5.32 Å². The highest BCUT2D eigenvalue weighted by molar-refractivity contribution is 9.10. The summed E-state index contributed by atoms with van der Waals surface area (Å²) in [6, 6.07) is 10.6. The summed E-state index contributed by atoms with van der Waals surface area (Å²) in [6.45, 7) is 6.55. The Morgan fingerprint density at radius 1 is 1.12 bits per heavy atom. The molecule has 0 unspecified atom stereocenters. The Morgan fingerprint density at radius 2 is 1.88 bits per heavy atom. The number of rotatable bonds is 10. The molecular formula is C20H26BrClFNO2. The standard InChI is InChI=1S/C20H25BrFNO2.ClH/c1-3-5-10-23-13-15-11-17(21)20(19(12-15)24-4-2)25-14-16-8-6-7-9-18(16)22;/h6-9,11-12,23H,3-5,10,13-14H2,1-2H3;1H. The van der Waals surface area contributed by atoms with Crippen LogP contribution in [-0.4, -0.2) is 13.2 Å². The molecule has 0 aliphatic rings. The van der Waals surface area contributed by atoms with Crippen LogP contribution in [0.15, 0.2) is 40.9 Å². The van der Waals surface area contributed by atoms with E-state index >= 15 is 0 Å². The van der Waals surface area contributed by atoms with Gasteiger partial charge in [-0.05, 0) is 59.6 Å². The van der Waals surface area contributed by atoms with Crippen molar-refractivity contribution in [3.63, 3.8) is 0 Å². The lowest BCUT2D eigenvalue weighted by Gasteiger charge is -2.16. The van der Waals surface area contributed by atoms with Crippen LogP contribution < -0.4 is 14.8 Å². The van der Waals surface area contributed by atoms with Crippen molar-refractivity contribution in [2.45, 2.75) is 39.8 Å². The van der Waals surface area contributed by atoms with E-state index in [-0.39, 0.29) is 24.8 Å². The molecule has 0 spiro atoms. The van der Waals surface area contributed by atoms with Crippen molar-refractivity contribution in [3.05, 3.63) is 57.8 Å². The summed E-state index contributed by atoms with van der Waals surface area (Å²) in [6.07, 6.45) is 2.33. The van der Waals surface area contributed by atoms with E-state index in [4.69, 9.17) is 9.47 Å². The molecule has 6 heteroatoms. The van der Waals surface area contributed by atoms with E-state index in [1.807, 2.05) is 19.1 Å². The molecule has 26 heavy (non-hydrogen) atoms. The monoisotopic (exact) mass is 445 g/mol. The maximum atomic E-state index is 13.8. The Labute approximate surface area is 169 Å². The minimum atomic E-state index is -0.270. The molecule has 3 nitrogen and oxygen atoms in total. The van der Waals surface area contributed by atoms with Crippen molar-refractivity contribution < 1.29 is 13.9 Å². The van der Waals surface area contributed by atoms with E-state index in [9.17, 15) is 4.39 Å². The van der Waals surface area contributed by atoms with Crippen molar-refractivity contribution >= 4 is 28.3 Å². The number of nitrogens with one attached hydrogen (secondary N) is 1. The molecule has 144 valence electrons. The summed E-state index contributed by atoms with van der Waals surface area (Å²) >= 11 is 3.56. The minimum Gasteiger partial charge on any atom is -0.490 e. The Balaban J connectivity index is 0.00000338. The third-order valence-corrected chi connectivity index (χ3v) is 4.32. The molecule has 1 N–H and O–H groups in total. The van der Waals surface area contributed by atoms with Crippen LogP contribution in [0.1, 0.15) is 37.8 Å². The van der Waals surface area contributed by atoms with E-state index < -0.39 is 0 Å². The molecule has 0 saturated carbocycles. The van der Waals surface area contributed by atoms with Crippen LogP contribution in [0.3, 0.4) is 0 Å². The molecule has 0 aliphatic carbocycles. The highest BCUT2D eigenvalue weighted by Gasteiger charge is 2.13. The molecule has 0 radical (unpaired) electrons. The summed E-state index contributed by atoms with van der Waals surface area (Å²) in [5, 5.41) is 3.42. The van der Waals surface area contributed by atoms with Gasteiger partial charge in [0.25, 0.3) is 0 Å². The van der Waals surface area contributed by atoms with Crippen LogP contribution in [0, 0.1) is 5.82 Å². The third kappa shape index (κ3) is 6.78. The van der Waals surface area contributed by atoms with Crippen LogP contribution in [0.25, 0.3) is 0 Å². The second-order valence-corrected chi connectivity index (χ2v) is 6.60. The summed E-state index contributed by atoms with van der Waals surface area (Å²) in [4.78, 5) is 0. The first-order valence-corrected chi connectivity index (χ1v) is 9.47. The first kappa shape index (κ1) is 22.7. The Bertz CT molecular complexity index is 685. The molecule has 0 amide bonds. The van der Waals surface area contributed by atoms with Crippen molar-refractivity contribution in [1.29, 1.82) is 0 Å². The van der Waals surface area contributed by atoms with Crippen LogP contribution in [0.2, 0.25) is 0 Å². The summed E-state index contributed by atoms with van der Waals surface area (Å²) in [7, 11) is 0. The number of hydrogen-bond acceptors (Lipinski definition) is 3. The Kier molecular flexibility index (Phi) is 10.6. The van der Waals surface area contributed by atoms with Crippen molar-refractivity contribution in [2.24, 2.45) is 0 Å². The SMILES string of the molecule is CCCCNCc1cc(Br)c(OCc2ccccc2F)c(OCC)c1.Cl. The Morgan fingerprint density at radius 3 is 2.58 bits per heavy atom. The number of hydrogen-bond donors (Lipinski definition) is 1. The molecule has 0 bridgehead atoms. The molecule has 0 aromatic heterocycles. The van der Waals surface area contributed by atoms with Gasteiger partial charge in [0.2, 0.25) is 0 Å². The van der Waals surface area contributed by atoms with Crippen LogP contribution in [0.5, 0.6) is 11.5 Å². The van der Waals surface area contributed by atoms with Gasteiger partial charge in [-0.15, -0.1) is 12.4 Å². The van der Waals surface area contributed by atoms with Gasteiger partial charge in [-0.25, -0.2) is 4.39 Å². The van der Waals surface area contributed by atoms with Gasteiger partial charge in [-0.1, -0.05) is 31.5 Å². The molecule has 2 aromatic rings. The van der Waals surface area contributed by atoms with E-state index in [2.05, 4.69) is 28.2 Å². The highest BCUT2D eigenvalue weighted by Crippen LogP contribution is 2.37. The van der Waals surface area contributed by atoms with E-state index in [0.29, 0.717) is 23.7 Å². The topological polar surface area (TPSA) is 30.5 Å². The minimum absolute atomic E-state index is 0. The maximum absolute atomic E-state index is 13.8. The van der Waals surface area contributed by atoms with Gasteiger partial charge in [0.15, 0.2) is 11.5 Å². The Hall–Kier alpha value is -1.30. The zero-order valence-corrected chi connectivity index (χ0v) is 17.6. The number of benzene rings is 2. The first-order chi connectivity index (χ1) is 12.2. The predicted molar refractivity (Wildman–Crippen MR) is 110 cm³/mol. The smallest absolute Gasteiger partial charge is 0.175 e. The zero-order chi connectivity index (χ0) is 18.1. The van der Waals surface area contributed by atoms with Gasteiger partial charge in [0.05, 0.1) is 11.1 Å². The molecule has 2 rings (SSSR count). The van der Waals surface area contributed by atoms with E-state index in [1.165, 1.54) is 12.5 Å². The average Bonchev–Trinajstić information content (AvgIpc) is 2.60. The molecule has 0 heterocycles. The number of halogens is 3. The van der Waals surface area contributed by atoms with E-state index in [1.54, 1.807) is 18.2 Å². The van der Waals surface area contributed by atoms with Gasteiger partial charge >= 0.3 is 0 Å². The molecule has 0 saturated heterocycles. The second-order valence-electron chi connectivity index (χ2n) is 5.75. The van der Waals surface area contributed by atoms with Crippen molar-refractivity contribution in [3.8, 4) is 11.5 Å². The molecule has 0 aliphatic heterocycles. The lowest BCUT2D eigenvalue weighted by Crippen LogP contribution is -2.14. The lowest BCUT2D eigenvalue weighted by molar-refractivity contribution is 0.264.